The second-order valence-electron chi connectivity index (χ2n) is 6.74. The van der Waals surface area contributed by atoms with Crippen molar-refractivity contribution in [1.82, 2.24) is 18.7 Å². The van der Waals surface area contributed by atoms with E-state index in [-0.39, 0.29) is 11.6 Å². The smallest absolute Gasteiger partial charge is 0.282 e. The number of benzene rings is 1. The lowest BCUT2D eigenvalue weighted by molar-refractivity contribution is 0.307. The normalized spacial score (nSPS) is 19.2. The van der Waals surface area contributed by atoms with E-state index in [0.29, 0.717) is 25.5 Å². The molecule has 1 atom stereocenters. The van der Waals surface area contributed by atoms with Crippen LogP contribution in [0.3, 0.4) is 0 Å². The van der Waals surface area contributed by atoms with Gasteiger partial charge in [-0.15, -0.1) is 0 Å². The quantitative estimate of drug-likeness (QED) is 0.813. The zero-order valence-electron chi connectivity index (χ0n) is 14.8. The summed E-state index contributed by atoms with van der Waals surface area (Å²) < 4.78 is 28.2. The van der Waals surface area contributed by atoms with Gasteiger partial charge in [-0.3, -0.25) is 4.57 Å². The number of aromatic nitrogens is 3. The fourth-order valence-electron chi connectivity index (χ4n) is 3.37. The molecule has 0 bridgehead atoms. The molecule has 136 valence electrons. The molecule has 0 radical (unpaired) electrons. The Morgan fingerprint density at radius 2 is 2.00 bits per heavy atom. The Labute approximate surface area is 147 Å². The molecule has 2 heterocycles. The van der Waals surface area contributed by atoms with Gasteiger partial charge in [0.15, 0.2) is 0 Å². The van der Waals surface area contributed by atoms with Crippen molar-refractivity contribution in [1.29, 1.82) is 0 Å². The molecule has 0 N–H and O–H groups in total. The molecule has 1 fully saturated rings. The minimum atomic E-state index is -3.23. The average Bonchev–Trinajstić information content (AvgIpc) is 2.85. The van der Waals surface area contributed by atoms with Gasteiger partial charge in [0.1, 0.15) is 5.82 Å². The lowest BCUT2D eigenvalue weighted by Gasteiger charge is -2.30. The van der Waals surface area contributed by atoms with Gasteiger partial charge in [0.25, 0.3) is 0 Å². The first-order valence-electron chi connectivity index (χ1n) is 8.40. The summed E-state index contributed by atoms with van der Waals surface area (Å²) in [5.41, 5.74) is 1.99. The molecular weight excluding hydrogens is 340 g/mol. The first kappa shape index (κ1) is 17.9. The van der Waals surface area contributed by atoms with Crippen LogP contribution in [0.25, 0.3) is 0 Å². The maximum atomic E-state index is 12.6. The summed E-state index contributed by atoms with van der Waals surface area (Å²) in [6.07, 6.45) is 2.84. The zero-order chi connectivity index (χ0) is 18.2. The molecule has 2 aromatic rings. The lowest BCUT2D eigenvalue weighted by Crippen LogP contribution is -2.39. The predicted molar refractivity (Wildman–Crippen MR) is 96.1 cm³/mol. The van der Waals surface area contributed by atoms with E-state index in [1.165, 1.54) is 15.2 Å². The maximum Gasteiger partial charge on any atom is 0.345 e. The van der Waals surface area contributed by atoms with Crippen LogP contribution < -0.4 is 5.69 Å². The van der Waals surface area contributed by atoms with Crippen molar-refractivity contribution in [3.8, 4) is 0 Å². The molecule has 7 nitrogen and oxygen atoms in total. The third-order valence-electron chi connectivity index (χ3n) is 4.87. The van der Waals surface area contributed by atoms with E-state index in [9.17, 15) is 13.2 Å². The van der Waals surface area contributed by atoms with Crippen LogP contribution in [0.5, 0.6) is 0 Å². The van der Waals surface area contributed by atoms with Crippen molar-refractivity contribution >= 4 is 10.0 Å². The molecule has 25 heavy (non-hydrogen) atoms. The standard InChI is InChI=1S/C17H24N4O3S/c1-13-7-4-5-8-14(13)12-21-17(22)19(2)16(18-21)15-9-6-10-20(11-15)25(3,23)24/h4-5,7-8,15H,6,9-12H2,1-3H3/t15-/m1/s1. The summed E-state index contributed by atoms with van der Waals surface area (Å²) in [5, 5.41) is 4.53. The maximum absolute atomic E-state index is 12.6. The molecule has 1 aromatic carbocycles. The molecule has 8 heteroatoms. The van der Waals surface area contributed by atoms with E-state index in [2.05, 4.69) is 5.10 Å². The molecule has 1 saturated heterocycles. The fourth-order valence-corrected chi connectivity index (χ4v) is 4.28. The van der Waals surface area contributed by atoms with Crippen LogP contribution in [0.4, 0.5) is 0 Å². The number of rotatable bonds is 4. The van der Waals surface area contributed by atoms with Crippen LogP contribution in [-0.4, -0.2) is 46.4 Å². The SMILES string of the molecule is Cc1ccccc1Cn1nc([C@@H]2CCCN(S(C)(=O)=O)C2)n(C)c1=O. The number of nitrogens with zero attached hydrogens (tertiary/aromatic N) is 4. The minimum Gasteiger partial charge on any atom is -0.282 e. The average molecular weight is 364 g/mol. The Kier molecular flexibility index (Phi) is 4.83. The summed E-state index contributed by atoms with van der Waals surface area (Å²) >= 11 is 0. The summed E-state index contributed by atoms with van der Waals surface area (Å²) in [6, 6.07) is 7.91. The second-order valence-corrected chi connectivity index (χ2v) is 8.73. The highest BCUT2D eigenvalue weighted by atomic mass is 32.2. The predicted octanol–water partition coefficient (Wildman–Crippen LogP) is 1.08. The highest BCUT2D eigenvalue weighted by molar-refractivity contribution is 7.88. The molecule has 0 unspecified atom stereocenters. The second kappa shape index (κ2) is 6.76. The molecular formula is C17H24N4O3S. The van der Waals surface area contributed by atoms with Crippen LogP contribution in [0.1, 0.15) is 35.7 Å². The third-order valence-corrected chi connectivity index (χ3v) is 6.14. The molecule has 3 rings (SSSR count). The van der Waals surface area contributed by atoms with E-state index in [1.807, 2.05) is 31.2 Å². The third kappa shape index (κ3) is 3.69. The Bertz CT molecular complexity index is 930. The van der Waals surface area contributed by atoms with Gasteiger partial charge in [-0.1, -0.05) is 24.3 Å². The molecule has 0 aliphatic carbocycles. The molecule has 0 amide bonds. The van der Waals surface area contributed by atoms with Gasteiger partial charge in [-0.05, 0) is 30.9 Å². The number of aryl methyl sites for hydroxylation is 1. The van der Waals surface area contributed by atoms with Gasteiger partial charge in [-0.25, -0.2) is 22.2 Å². The Balaban J connectivity index is 1.89. The van der Waals surface area contributed by atoms with E-state index < -0.39 is 10.0 Å². The van der Waals surface area contributed by atoms with E-state index in [1.54, 1.807) is 11.6 Å². The first-order valence-corrected chi connectivity index (χ1v) is 10.3. The highest BCUT2D eigenvalue weighted by Gasteiger charge is 2.30. The Hall–Kier alpha value is -1.93. The highest BCUT2D eigenvalue weighted by Crippen LogP contribution is 2.26. The van der Waals surface area contributed by atoms with Gasteiger partial charge in [0.05, 0.1) is 12.8 Å². The molecule has 0 saturated carbocycles. The van der Waals surface area contributed by atoms with Crippen molar-refractivity contribution in [2.45, 2.75) is 32.2 Å². The summed E-state index contributed by atoms with van der Waals surface area (Å²) in [7, 11) is -1.52. The van der Waals surface area contributed by atoms with Crippen molar-refractivity contribution in [3.63, 3.8) is 0 Å². The van der Waals surface area contributed by atoms with E-state index in [0.717, 1.165) is 24.0 Å². The van der Waals surface area contributed by atoms with Gasteiger partial charge in [-0.2, -0.15) is 5.10 Å². The number of sulfonamides is 1. The van der Waals surface area contributed by atoms with Gasteiger partial charge >= 0.3 is 5.69 Å². The Morgan fingerprint density at radius 1 is 1.28 bits per heavy atom. The number of hydrogen-bond acceptors (Lipinski definition) is 4. The number of hydrogen-bond donors (Lipinski definition) is 0. The zero-order valence-corrected chi connectivity index (χ0v) is 15.7. The minimum absolute atomic E-state index is 0.0562. The Morgan fingerprint density at radius 3 is 2.68 bits per heavy atom. The summed E-state index contributed by atoms with van der Waals surface area (Å²) in [4.78, 5) is 12.6. The fraction of sp³-hybridized carbons (Fsp3) is 0.529. The van der Waals surface area contributed by atoms with Crippen molar-refractivity contribution in [3.05, 3.63) is 51.7 Å². The summed E-state index contributed by atoms with van der Waals surface area (Å²) in [5.74, 6) is 0.603. The lowest BCUT2D eigenvalue weighted by atomic mass is 9.99. The van der Waals surface area contributed by atoms with Crippen LogP contribution in [0.2, 0.25) is 0 Å². The molecule has 1 aliphatic rings. The van der Waals surface area contributed by atoms with Gasteiger partial charge in [0.2, 0.25) is 10.0 Å². The van der Waals surface area contributed by atoms with Gasteiger partial charge < -0.3 is 0 Å². The largest absolute Gasteiger partial charge is 0.345 e. The molecule has 1 aromatic heterocycles. The molecule has 0 spiro atoms. The van der Waals surface area contributed by atoms with E-state index >= 15 is 0 Å². The topological polar surface area (TPSA) is 77.2 Å². The monoisotopic (exact) mass is 364 g/mol. The summed E-state index contributed by atoms with van der Waals surface area (Å²) in [6.45, 7) is 3.35. The molecule has 1 aliphatic heterocycles. The van der Waals surface area contributed by atoms with Crippen molar-refractivity contribution < 1.29 is 8.42 Å². The van der Waals surface area contributed by atoms with Gasteiger partial charge in [0, 0.05) is 26.1 Å². The van der Waals surface area contributed by atoms with Crippen LogP contribution in [-0.2, 0) is 23.6 Å². The van der Waals surface area contributed by atoms with Crippen molar-refractivity contribution in [2.75, 3.05) is 19.3 Å². The van der Waals surface area contributed by atoms with Crippen LogP contribution in [0.15, 0.2) is 29.1 Å². The van der Waals surface area contributed by atoms with Crippen LogP contribution >= 0.6 is 0 Å². The van der Waals surface area contributed by atoms with E-state index in [4.69, 9.17) is 0 Å². The van der Waals surface area contributed by atoms with Crippen LogP contribution in [0, 0.1) is 6.92 Å². The van der Waals surface area contributed by atoms with Crippen molar-refractivity contribution in [2.24, 2.45) is 7.05 Å². The first-order chi connectivity index (χ1) is 11.8. The number of piperidine rings is 1.